The van der Waals surface area contributed by atoms with E-state index in [1.807, 2.05) is 0 Å². The van der Waals surface area contributed by atoms with Gasteiger partial charge in [0.05, 0.1) is 11.7 Å². The molecular weight excluding hydrogens is 222 g/mol. The summed E-state index contributed by atoms with van der Waals surface area (Å²) in [6.45, 7) is 18.0. The highest BCUT2D eigenvalue weighted by molar-refractivity contribution is 4.85. The van der Waals surface area contributed by atoms with E-state index in [4.69, 9.17) is 4.74 Å². The number of hydrogen-bond acceptors (Lipinski definition) is 2. The molecule has 0 aliphatic carbocycles. The van der Waals surface area contributed by atoms with Crippen molar-refractivity contribution < 1.29 is 4.74 Å². The zero-order valence-corrected chi connectivity index (χ0v) is 14.1. The molecule has 0 aliphatic rings. The fraction of sp³-hybridized carbons (Fsp3) is 1.00. The molecule has 2 nitrogen and oxygen atoms in total. The van der Waals surface area contributed by atoms with Gasteiger partial charge in [-0.15, -0.1) is 0 Å². The summed E-state index contributed by atoms with van der Waals surface area (Å²) >= 11 is 0. The fourth-order valence-corrected chi connectivity index (χ4v) is 2.49. The number of ether oxygens (including phenoxy) is 1. The van der Waals surface area contributed by atoms with E-state index >= 15 is 0 Å². The highest BCUT2D eigenvalue weighted by atomic mass is 16.5. The second-order valence-electron chi connectivity index (χ2n) is 6.81. The molecule has 0 bridgehead atoms. The smallest absolute Gasteiger partial charge is 0.0653 e. The largest absolute Gasteiger partial charge is 0.372 e. The Morgan fingerprint density at radius 2 is 1.44 bits per heavy atom. The van der Waals surface area contributed by atoms with E-state index in [9.17, 15) is 0 Å². The summed E-state index contributed by atoms with van der Waals surface area (Å²) in [6, 6.07) is 0.566. The lowest BCUT2D eigenvalue weighted by molar-refractivity contribution is -0.0969. The van der Waals surface area contributed by atoms with E-state index in [0.29, 0.717) is 12.1 Å². The summed E-state index contributed by atoms with van der Waals surface area (Å²) in [4.78, 5) is 2.43. The molecule has 110 valence electrons. The molecule has 2 heteroatoms. The molecule has 18 heavy (non-hydrogen) atoms. The van der Waals surface area contributed by atoms with Gasteiger partial charge in [-0.25, -0.2) is 0 Å². The van der Waals surface area contributed by atoms with Crippen molar-refractivity contribution in [2.75, 3.05) is 7.05 Å². The predicted molar refractivity (Wildman–Crippen MR) is 81.1 cm³/mol. The molecular formula is C16H35NO. The molecule has 0 aromatic rings. The molecule has 0 rings (SSSR count). The van der Waals surface area contributed by atoms with Crippen LogP contribution in [0.1, 0.15) is 74.7 Å². The first kappa shape index (κ1) is 17.9. The highest BCUT2D eigenvalue weighted by Gasteiger charge is 2.31. The number of hydrogen-bond donors (Lipinski definition) is 0. The van der Waals surface area contributed by atoms with Crippen LogP contribution in [-0.4, -0.2) is 35.2 Å². The molecule has 0 amide bonds. The summed E-state index contributed by atoms with van der Waals surface area (Å²) in [5.41, 5.74) is 0.210. The van der Waals surface area contributed by atoms with Crippen LogP contribution < -0.4 is 0 Å². The van der Waals surface area contributed by atoms with Crippen molar-refractivity contribution in [2.24, 2.45) is 0 Å². The molecule has 0 aromatic carbocycles. The molecule has 1 atom stereocenters. The third kappa shape index (κ3) is 5.27. The van der Waals surface area contributed by atoms with Gasteiger partial charge >= 0.3 is 0 Å². The van der Waals surface area contributed by atoms with Gasteiger partial charge < -0.3 is 4.74 Å². The lowest BCUT2D eigenvalue weighted by Crippen LogP contribution is -2.48. The van der Waals surface area contributed by atoms with Crippen molar-refractivity contribution in [3.05, 3.63) is 0 Å². The lowest BCUT2D eigenvalue weighted by atomic mass is 9.93. The van der Waals surface area contributed by atoms with E-state index in [0.717, 1.165) is 19.3 Å². The SMILES string of the molecule is CCC(C)(CC)OC(C)CC(C)(C)N(C)C(C)C. The van der Waals surface area contributed by atoms with Gasteiger partial charge in [0.1, 0.15) is 0 Å². The quantitative estimate of drug-likeness (QED) is 0.635. The van der Waals surface area contributed by atoms with E-state index in [1.54, 1.807) is 0 Å². The third-order valence-corrected chi connectivity index (χ3v) is 4.50. The van der Waals surface area contributed by atoms with Crippen LogP contribution in [0, 0.1) is 0 Å². The van der Waals surface area contributed by atoms with Crippen LogP contribution in [0.3, 0.4) is 0 Å². The number of rotatable bonds is 8. The van der Waals surface area contributed by atoms with Crippen molar-refractivity contribution in [3.8, 4) is 0 Å². The zero-order valence-electron chi connectivity index (χ0n) is 14.1. The molecule has 0 aromatic heterocycles. The van der Waals surface area contributed by atoms with E-state index in [1.165, 1.54) is 0 Å². The zero-order chi connectivity index (χ0) is 14.6. The highest BCUT2D eigenvalue weighted by Crippen LogP contribution is 2.27. The van der Waals surface area contributed by atoms with Gasteiger partial charge in [0.25, 0.3) is 0 Å². The standard InChI is InChI=1S/C16H35NO/c1-10-16(8,11-2)18-14(5)12-15(6,7)17(9)13(3)4/h13-14H,10-12H2,1-9H3. The number of nitrogens with zero attached hydrogens (tertiary/aromatic N) is 1. The van der Waals surface area contributed by atoms with Crippen molar-refractivity contribution >= 4 is 0 Å². The predicted octanol–water partition coefficient (Wildman–Crippen LogP) is 4.48. The normalized spacial score (nSPS) is 15.5. The fourth-order valence-electron chi connectivity index (χ4n) is 2.49. The van der Waals surface area contributed by atoms with E-state index < -0.39 is 0 Å². The van der Waals surface area contributed by atoms with Crippen LogP contribution in [0.4, 0.5) is 0 Å². The molecule has 0 N–H and O–H groups in total. The summed E-state index contributed by atoms with van der Waals surface area (Å²) < 4.78 is 6.28. The molecule has 0 saturated carbocycles. The van der Waals surface area contributed by atoms with Crippen LogP contribution in [-0.2, 0) is 4.74 Å². The Hall–Kier alpha value is -0.0800. The first-order valence-corrected chi connectivity index (χ1v) is 7.48. The van der Waals surface area contributed by atoms with E-state index in [2.05, 4.69) is 67.3 Å². The van der Waals surface area contributed by atoms with E-state index in [-0.39, 0.29) is 11.1 Å². The second-order valence-corrected chi connectivity index (χ2v) is 6.81. The van der Waals surface area contributed by atoms with Crippen LogP contribution in [0.25, 0.3) is 0 Å². The van der Waals surface area contributed by atoms with Crippen LogP contribution in [0.5, 0.6) is 0 Å². The topological polar surface area (TPSA) is 12.5 Å². The van der Waals surface area contributed by atoms with Crippen molar-refractivity contribution in [1.82, 2.24) is 4.90 Å². The maximum absolute atomic E-state index is 6.28. The average molecular weight is 257 g/mol. The molecule has 0 fully saturated rings. The maximum Gasteiger partial charge on any atom is 0.0653 e. The minimum Gasteiger partial charge on any atom is -0.372 e. The van der Waals surface area contributed by atoms with Gasteiger partial charge in [0, 0.05) is 11.6 Å². The molecule has 0 heterocycles. The van der Waals surface area contributed by atoms with Crippen molar-refractivity contribution in [1.29, 1.82) is 0 Å². The second kappa shape index (κ2) is 6.91. The lowest BCUT2D eigenvalue weighted by Gasteiger charge is -2.42. The summed E-state index contributed by atoms with van der Waals surface area (Å²) in [5, 5.41) is 0. The van der Waals surface area contributed by atoms with Gasteiger partial charge in [-0.05, 0) is 67.9 Å². The first-order chi connectivity index (χ1) is 8.08. The summed E-state index contributed by atoms with van der Waals surface area (Å²) in [6.07, 6.45) is 3.52. The van der Waals surface area contributed by atoms with Crippen LogP contribution >= 0.6 is 0 Å². The first-order valence-electron chi connectivity index (χ1n) is 7.48. The molecule has 0 radical (unpaired) electrons. The van der Waals surface area contributed by atoms with Gasteiger partial charge in [0.2, 0.25) is 0 Å². The maximum atomic E-state index is 6.28. The summed E-state index contributed by atoms with van der Waals surface area (Å²) in [5.74, 6) is 0. The van der Waals surface area contributed by atoms with Gasteiger partial charge in [-0.2, -0.15) is 0 Å². The molecule has 1 unspecified atom stereocenters. The monoisotopic (exact) mass is 257 g/mol. The minimum absolute atomic E-state index is 0.0336. The Bertz CT molecular complexity index is 231. The average Bonchev–Trinajstić information content (AvgIpc) is 2.26. The van der Waals surface area contributed by atoms with Gasteiger partial charge in [0.15, 0.2) is 0 Å². The van der Waals surface area contributed by atoms with Crippen molar-refractivity contribution in [3.63, 3.8) is 0 Å². The Kier molecular flexibility index (Phi) is 6.87. The van der Waals surface area contributed by atoms with Gasteiger partial charge in [-0.3, -0.25) is 4.90 Å². The minimum atomic E-state index is 0.0336. The van der Waals surface area contributed by atoms with Crippen LogP contribution in [0.2, 0.25) is 0 Å². The summed E-state index contributed by atoms with van der Waals surface area (Å²) in [7, 11) is 2.20. The molecule has 0 aliphatic heterocycles. The third-order valence-electron chi connectivity index (χ3n) is 4.50. The molecule has 0 saturated heterocycles. The van der Waals surface area contributed by atoms with Gasteiger partial charge in [-0.1, -0.05) is 13.8 Å². The Labute approximate surface area is 115 Å². The Morgan fingerprint density at radius 1 is 1.00 bits per heavy atom. The Balaban J connectivity index is 4.51. The van der Waals surface area contributed by atoms with Crippen molar-refractivity contribution in [2.45, 2.75) is 97.9 Å². The molecule has 0 spiro atoms. The van der Waals surface area contributed by atoms with Crippen LogP contribution in [0.15, 0.2) is 0 Å². The Morgan fingerprint density at radius 3 is 1.78 bits per heavy atom.